The van der Waals surface area contributed by atoms with E-state index in [1.165, 1.54) is 11.3 Å². The average Bonchev–Trinajstić information content (AvgIpc) is 2.97. The second-order valence-corrected chi connectivity index (χ2v) is 7.77. The quantitative estimate of drug-likeness (QED) is 0.786. The molecule has 0 N–H and O–H groups in total. The number of rotatable bonds is 4. The van der Waals surface area contributed by atoms with E-state index in [1.54, 1.807) is 11.8 Å². The minimum absolute atomic E-state index is 0.667. The molecule has 0 bridgehead atoms. The second-order valence-electron chi connectivity index (χ2n) is 3.53. The summed E-state index contributed by atoms with van der Waals surface area (Å²) in [6.07, 6.45) is 2.93. The normalized spacial score (nSPS) is 11.9. The molecule has 2 aromatic rings. The van der Waals surface area contributed by atoms with Gasteiger partial charge in [-0.25, -0.2) is 4.98 Å². The van der Waals surface area contributed by atoms with E-state index in [0.717, 1.165) is 11.0 Å². The third kappa shape index (κ3) is 1.87. The molecule has 0 atom stereocenters. The summed E-state index contributed by atoms with van der Waals surface area (Å²) in [6, 6.07) is 1.82. The Morgan fingerprint density at radius 1 is 1.44 bits per heavy atom. The number of thiazole rings is 1. The predicted octanol–water partition coefficient (Wildman–Crippen LogP) is 3.43. The Hall–Kier alpha value is -0.860. The third-order valence-electron chi connectivity index (χ3n) is 2.77. The van der Waals surface area contributed by atoms with E-state index < -0.39 is 7.14 Å². The van der Waals surface area contributed by atoms with Crippen molar-refractivity contribution in [3.05, 3.63) is 23.2 Å². The van der Waals surface area contributed by atoms with Gasteiger partial charge in [0, 0.05) is 17.7 Å². The molecule has 0 aliphatic carbocycles. The summed E-state index contributed by atoms with van der Waals surface area (Å²) in [5.74, 6) is 0.674. The first-order valence-corrected chi connectivity index (χ1v) is 8.28. The van der Waals surface area contributed by atoms with Crippen molar-refractivity contribution in [3.63, 3.8) is 0 Å². The highest BCUT2D eigenvalue weighted by Crippen LogP contribution is 2.46. The highest BCUT2D eigenvalue weighted by molar-refractivity contribution is 7.71. The molecule has 0 unspecified atom stereocenters. The Kier molecular flexibility index (Phi) is 3.31. The molecule has 2 aromatic heterocycles. The fourth-order valence-electron chi connectivity index (χ4n) is 1.70. The molecule has 2 heterocycles. The highest BCUT2D eigenvalue weighted by atomic mass is 32.1. The molecule has 86 valence electrons. The Morgan fingerprint density at radius 3 is 2.75 bits per heavy atom. The summed E-state index contributed by atoms with van der Waals surface area (Å²) < 4.78 is 18.1. The van der Waals surface area contributed by atoms with Crippen LogP contribution in [0, 0.1) is 0 Å². The Bertz CT molecular complexity index is 496. The van der Waals surface area contributed by atoms with Crippen molar-refractivity contribution in [2.75, 3.05) is 12.3 Å². The van der Waals surface area contributed by atoms with E-state index in [2.05, 4.69) is 4.98 Å². The van der Waals surface area contributed by atoms with Gasteiger partial charge in [0.2, 0.25) is 0 Å². The van der Waals surface area contributed by atoms with Crippen LogP contribution >= 0.6 is 18.5 Å². The van der Waals surface area contributed by atoms with E-state index in [9.17, 15) is 4.57 Å². The van der Waals surface area contributed by atoms with Crippen molar-refractivity contribution in [1.82, 2.24) is 4.98 Å². The van der Waals surface area contributed by atoms with Crippen LogP contribution in [0.2, 0.25) is 0 Å². The predicted molar refractivity (Wildman–Crippen MR) is 68.1 cm³/mol. The van der Waals surface area contributed by atoms with E-state index in [4.69, 9.17) is 4.42 Å². The molecule has 0 amide bonds. The second kappa shape index (κ2) is 4.56. The van der Waals surface area contributed by atoms with Gasteiger partial charge in [-0.2, -0.15) is 0 Å². The first-order valence-electron chi connectivity index (χ1n) is 5.26. The van der Waals surface area contributed by atoms with Crippen LogP contribution < -0.4 is 5.30 Å². The number of hydrogen-bond donors (Lipinski definition) is 0. The molecule has 0 aliphatic rings. The molecule has 0 saturated heterocycles. The first kappa shape index (κ1) is 11.6. The fraction of sp³-hybridized carbons (Fsp3) is 0.364. The van der Waals surface area contributed by atoms with Crippen LogP contribution in [0.3, 0.4) is 0 Å². The Morgan fingerprint density at radius 2 is 2.19 bits per heavy atom. The van der Waals surface area contributed by atoms with Gasteiger partial charge in [0.25, 0.3) is 0 Å². The lowest BCUT2D eigenvalue weighted by molar-refractivity contribution is 0.576. The van der Waals surface area contributed by atoms with Crippen LogP contribution in [0.15, 0.2) is 27.6 Å². The number of hydrogen-bond acceptors (Lipinski definition) is 4. The van der Waals surface area contributed by atoms with Crippen molar-refractivity contribution in [1.29, 1.82) is 0 Å². The summed E-state index contributed by atoms with van der Waals surface area (Å²) >= 11 is 1.51. The van der Waals surface area contributed by atoms with E-state index >= 15 is 0 Å². The van der Waals surface area contributed by atoms with Gasteiger partial charge in [0.15, 0.2) is 5.76 Å². The molecular formula is C11H14NO2PS. The van der Waals surface area contributed by atoms with Gasteiger partial charge in [-0.15, -0.1) is 11.3 Å². The molecule has 2 rings (SSSR count). The monoisotopic (exact) mass is 255 g/mol. The van der Waals surface area contributed by atoms with Crippen LogP contribution in [0.1, 0.15) is 13.8 Å². The maximum absolute atomic E-state index is 12.6. The van der Waals surface area contributed by atoms with Gasteiger partial charge < -0.3 is 8.98 Å². The third-order valence-corrected chi connectivity index (χ3v) is 6.63. The zero-order valence-electron chi connectivity index (χ0n) is 9.34. The van der Waals surface area contributed by atoms with Crippen LogP contribution in [-0.2, 0) is 4.57 Å². The topological polar surface area (TPSA) is 43.1 Å². The van der Waals surface area contributed by atoms with Crippen LogP contribution in [-0.4, -0.2) is 17.3 Å². The maximum Gasteiger partial charge on any atom is 0.163 e. The molecule has 3 nitrogen and oxygen atoms in total. The molecule has 0 saturated carbocycles. The molecule has 5 heteroatoms. The van der Waals surface area contributed by atoms with Gasteiger partial charge >= 0.3 is 0 Å². The zero-order valence-corrected chi connectivity index (χ0v) is 11.1. The largest absolute Gasteiger partial charge is 0.462 e. The maximum atomic E-state index is 12.6. The fourth-order valence-corrected chi connectivity index (χ4v) is 4.23. The molecule has 0 radical (unpaired) electrons. The summed E-state index contributed by atoms with van der Waals surface area (Å²) in [5, 5.41) is 2.75. The minimum atomic E-state index is -2.29. The zero-order chi connectivity index (χ0) is 11.6. The van der Waals surface area contributed by atoms with Gasteiger partial charge in [0.1, 0.15) is 12.8 Å². The number of nitrogens with zero attached hydrogens (tertiary/aromatic N) is 1. The van der Waals surface area contributed by atoms with Gasteiger partial charge in [-0.05, 0) is 6.07 Å². The van der Waals surface area contributed by atoms with Crippen LogP contribution in [0.25, 0.3) is 11.5 Å². The molecule has 0 aliphatic heterocycles. The smallest absolute Gasteiger partial charge is 0.163 e. The van der Waals surface area contributed by atoms with Crippen molar-refractivity contribution >= 4 is 23.8 Å². The van der Waals surface area contributed by atoms with E-state index in [-0.39, 0.29) is 0 Å². The van der Waals surface area contributed by atoms with Crippen molar-refractivity contribution in [3.8, 4) is 11.5 Å². The first-order chi connectivity index (χ1) is 7.71. The lowest BCUT2D eigenvalue weighted by Crippen LogP contribution is -2.08. The molecule has 0 aromatic carbocycles. The van der Waals surface area contributed by atoms with Crippen molar-refractivity contribution in [2.45, 2.75) is 13.8 Å². The number of aromatic nitrogens is 1. The van der Waals surface area contributed by atoms with Gasteiger partial charge in [-0.3, -0.25) is 0 Å². The van der Waals surface area contributed by atoms with Crippen LogP contribution in [0.4, 0.5) is 0 Å². The average molecular weight is 255 g/mol. The lowest BCUT2D eigenvalue weighted by Gasteiger charge is -2.13. The Labute approximate surface area is 98.9 Å². The summed E-state index contributed by atoms with van der Waals surface area (Å²) in [5.41, 5.74) is 2.54. The molecular weight excluding hydrogens is 241 g/mol. The van der Waals surface area contributed by atoms with Gasteiger partial charge in [-0.1, -0.05) is 13.8 Å². The van der Waals surface area contributed by atoms with Gasteiger partial charge in [0.05, 0.1) is 17.1 Å². The van der Waals surface area contributed by atoms with E-state index in [1.807, 2.05) is 25.3 Å². The summed E-state index contributed by atoms with van der Waals surface area (Å²) in [4.78, 5) is 4.21. The number of furan rings is 1. The molecule has 0 spiro atoms. The summed E-state index contributed by atoms with van der Waals surface area (Å²) in [7, 11) is -2.29. The van der Waals surface area contributed by atoms with Crippen molar-refractivity contribution < 1.29 is 8.98 Å². The molecule has 16 heavy (non-hydrogen) atoms. The van der Waals surface area contributed by atoms with Crippen LogP contribution in [0.5, 0.6) is 0 Å². The lowest BCUT2D eigenvalue weighted by atomic mass is 10.4. The SMILES string of the molecule is CCP(=O)(CC)c1ccoc1-c1cscn1. The minimum Gasteiger partial charge on any atom is -0.462 e. The van der Waals surface area contributed by atoms with E-state index in [0.29, 0.717) is 18.1 Å². The van der Waals surface area contributed by atoms with Crippen molar-refractivity contribution in [2.24, 2.45) is 0 Å². The Balaban J connectivity index is 2.52. The summed E-state index contributed by atoms with van der Waals surface area (Å²) in [6.45, 7) is 3.92. The molecule has 0 fully saturated rings. The highest BCUT2D eigenvalue weighted by Gasteiger charge is 2.26. The standard InChI is InChI=1S/C11H14NO2PS/c1-3-15(13,4-2)10-5-6-14-11(10)9-7-16-8-12-9/h5-8H,3-4H2,1-2H3.